The molecule has 0 aliphatic heterocycles. The van der Waals surface area contributed by atoms with E-state index in [2.05, 4.69) is 96.0 Å². The van der Waals surface area contributed by atoms with Crippen molar-refractivity contribution in [3.05, 3.63) is 77.4 Å². The highest BCUT2D eigenvalue weighted by Gasteiger charge is 2.25. The first-order valence-corrected chi connectivity index (χ1v) is 29.6. The molecule has 0 aliphatic carbocycles. The molecule has 6 nitrogen and oxygen atoms in total. The third-order valence-corrected chi connectivity index (χ3v) is 15.8. The number of nitrogens with one attached hydrogen (secondary N) is 1. The Bertz CT molecular complexity index is 1460. The molecule has 0 saturated carbocycles. The van der Waals surface area contributed by atoms with Gasteiger partial charge in [0.2, 0.25) is 0 Å². The number of amides is 1. The number of carboxylic acid groups (broad SMARTS) is 2. The van der Waals surface area contributed by atoms with E-state index in [4.69, 9.17) is 5.11 Å². The third kappa shape index (κ3) is 12.0. The minimum Gasteiger partial charge on any atom is -0.481 e. The highest BCUT2D eigenvalue weighted by atomic mass is 28.3. The maximum atomic E-state index is 12.9. The van der Waals surface area contributed by atoms with Crippen LogP contribution in [0.5, 0.6) is 0 Å². The molecule has 0 radical (unpaired) electrons. The Kier molecular flexibility index (Phi) is 12.3. The second kappa shape index (κ2) is 14.6. The molecule has 0 fully saturated rings. The van der Waals surface area contributed by atoms with Gasteiger partial charge in [0.15, 0.2) is 0 Å². The summed E-state index contributed by atoms with van der Waals surface area (Å²) in [7, 11) is -6.01. The number of hydrogen-bond donors (Lipinski definition) is 3. The summed E-state index contributed by atoms with van der Waals surface area (Å²) in [4.78, 5) is 34.8. The van der Waals surface area contributed by atoms with Crippen molar-refractivity contribution in [1.82, 2.24) is 0 Å². The number of hydrogen-bond acceptors (Lipinski definition) is 3. The van der Waals surface area contributed by atoms with Crippen molar-refractivity contribution in [2.75, 3.05) is 5.32 Å². The van der Waals surface area contributed by atoms with Crippen LogP contribution in [0.3, 0.4) is 0 Å². The molecule has 0 unspecified atom stereocenters. The molecular formula is C35H53NO5Si4. The van der Waals surface area contributed by atoms with Crippen LogP contribution in [0.2, 0.25) is 78.6 Å². The van der Waals surface area contributed by atoms with Gasteiger partial charge in [-0.1, -0.05) is 136 Å². The molecule has 10 heteroatoms. The van der Waals surface area contributed by atoms with E-state index in [1.165, 1.54) is 20.7 Å². The SMILES string of the molecule is C[Si](C)(C)c1cc(C(=O)Nc2ccc(CCC(=O)O)cc2)cc([Si](C)(C)C)c1.C[Si](C)(C)c1cc(C(=O)O)cc([Si](C)(C)C)c1. The van der Waals surface area contributed by atoms with Gasteiger partial charge in [-0.05, 0) is 36.2 Å². The smallest absolute Gasteiger partial charge is 0.335 e. The number of anilines is 1. The molecule has 0 aromatic heterocycles. The topological polar surface area (TPSA) is 104 Å². The average molecular weight is 680 g/mol. The van der Waals surface area contributed by atoms with E-state index in [9.17, 15) is 19.5 Å². The quantitative estimate of drug-likeness (QED) is 0.212. The fourth-order valence-electron chi connectivity index (χ4n) is 4.45. The zero-order valence-electron chi connectivity index (χ0n) is 29.3. The Balaban J connectivity index is 0.000000355. The lowest BCUT2D eigenvalue weighted by atomic mass is 10.1. The van der Waals surface area contributed by atoms with Gasteiger partial charge in [0.05, 0.1) is 37.9 Å². The van der Waals surface area contributed by atoms with Crippen molar-refractivity contribution in [2.24, 2.45) is 0 Å². The van der Waals surface area contributed by atoms with Crippen LogP contribution in [0.1, 0.15) is 32.7 Å². The van der Waals surface area contributed by atoms with Crippen molar-refractivity contribution in [3.63, 3.8) is 0 Å². The monoisotopic (exact) mass is 679 g/mol. The number of rotatable bonds is 10. The molecule has 0 spiro atoms. The van der Waals surface area contributed by atoms with Gasteiger partial charge in [-0.15, -0.1) is 0 Å². The van der Waals surface area contributed by atoms with Crippen LogP contribution in [0.25, 0.3) is 0 Å². The molecule has 0 bridgehead atoms. The minimum atomic E-state index is -1.54. The van der Waals surface area contributed by atoms with Crippen molar-refractivity contribution >= 4 is 76.6 Å². The van der Waals surface area contributed by atoms with Gasteiger partial charge < -0.3 is 15.5 Å². The molecule has 3 N–H and O–H groups in total. The largest absolute Gasteiger partial charge is 0.481 e. The van der Waals surface area contributed by atoms with Crippen LogP contribution in [0.4, 0.5) is 5.69 Å². The van der Waals surface area contributed by atoms with Gasteiger partial charge in [-0.2, -0.15) is 0 Å². The summed E-state index contributed by atoms with van der Waals surface area (Å²) < 4.78 is 0. The number of aromatic carboxylic acids is 1. The summed E-state index contributed by atoms with van der Waals surface area (Å²) in [5.74, 6) is -1.72. The van der Waals surface area contributed by atoms with Crippen LogP contribution in [0.15, 0.2) is 60.7 Å². The molecule has 45 heavy (non-hydrogen) atoms. The third-order valence-electron chi connectivity index (χ3n) is 7.68. The van der Waals surface area contributed by atoms with Crippen molar-refractivity contribution in [2.45, 2.75) is 91.4 Å². The van der Waals surface area contributed by atoms with Gasteiger partial charge in [-0.25, -0.2) is 4.79 Å². The van der Waals surface area contributed by atoms with Crippen LogP contribution >= 0.6 is 0 Å². The molecule has 0 saturated heterocycles. The number of aliphatic carboxylic acids is 1. The lowest BCUT2D eigenvalue weighted by Crippen LogP contribution is -2.46. The lowest BCUT2D eigenvalue weighted by Gasteiger charge is -2.24. The Labute approximate surface area is 274 Å². The van der Waals surface area contributed by atoms with Crippen LogP contribution < -0.4 is 26.1 Å². The molecule has 0 atom stereocenters. The van der Waals surface area contributed by atoms with Crippen molar-refractivity contribution in [3.8, 4) is 0 Å². The Hall–Kier alpha value is -3.06. The molecule has 3 rings (SSSR count). The molecule has 244 valence electrons. The minimum absolute atomic E-state index is 0.0992. The maximum Gasteiger partial charge on any atom is 0.335 e. The summed E-state index contributed by atoms with van der Waals surface area (Å²) in [5.41, 5.74) is 2.83. The number of aryl methyl sites for hydroxylation is 1. The van der Waals surface area contributed by atoms with Crippen LogP contribution in [-0.4, -0.2) is 60.4 Å². The Morgan fingerprint density at radius 1 is 0.556 bits per heavy atom. The zero-order chi connectivity index (χ0) is 34.5. The number of carboxylic acids is 2. The second-order valence-corrected chi connectivity index (χ2v) is 36.3. The molecule has 3 aromatic carbocycles. The predicted molar refractivity (Wildman–Crippen MR) is 202 cm³/mol. The first-order chi connectivity index (χ1) is 20.4. The zero-order valence-corrected chi connectivity index (χ0v) is 33.3. The summed E-state index contributed by atoms with van der Waals surface area (Å²) in [5, 5.41) is 26.1. The molecule has 0 aliphatic rings. The number of carbonyl (C=O) groups excluding carboxylic acids is 1. The van der Waals surface area contributed by atoms with E-state index >= 15 is 0 Å². The van der Waals surface area contributed by atoms with E-state index < -0.39 is 44.2 Å². The lowest BCUT2D eigenvalue weighted by molar-refractivity contribution is -0.136. The molecule has 1 amide bonds. The summed E-state index contributed by atoms with van der Waals surface area (Å²) in [6.45, 7) is 27.3. The molecule has 0 heterocycles. The normalized spacial score (nSPS) is 12.2. The van der Waals surface area contributed by atoms with Gasteiger partial charge in [0.1, 0.15) is 0 Å². The Morgan fingerprint density at radius 3 is 1.22 bits per heavy atom. The number of carbonyl (C=O) groups is 3. The molecular weight excluding hydrogens is 627 g/mol. The fourth-order valence-corrected chi connectivity index (χ4v) is 9.45. The van der Waals surface area contributed by atoms with Crippen molar-refractivity contribution in [1.29, 1.82) is 0 Å². The van der Waals surface area contributed by atoms with E-state index in [1.54, 1.807) is 0 Å². The van der Waals surface area contributed by atoms with Crippen molar-refractivity contribution < 1.29 is 24.6 Å². The molecule has 3 aromatic rings. The van der Waals surface area contributed by atoms with Gasteiger partial charge in [-0.3, -0.25) is 9.59 Å². The summed E-state index contributed by atoms with van der Waals surface area (Å²) in [6, 6.07) is 19.8. The van der Waals surface area contributed by atoms with Gasteiger partial charge >= 0.3 is 11.9 Å². The maximum absolute atomic E-state index is 12.9. The fraction of sp³-hybridized carbons (Fsp3) is 0.400. The first-order valence-electron chi connectivity index (χ1n) is 15.6. The average Bonchev–Trinajstić information content (AvgIpc) is 2.90. The van der Waals surface area contributed by atoms with E-state index in [1.807, 2.05) is 48.5 Å². The summed E-state index contributed by atoms with van der Waals surface area (Å²) in [6.07, 6.45) is 0.593. The van der Waals surface area contributed by atoms with Gasteiger partial charge in [0.25, 0.3) is 5.91 Å². The highest BCUT2D eigenvalue weighted by molar-refractivity contribution is 6.92. The Morgan fingerprint density at radius 2 is 0.911 bits per heavy atom. The predicted octanol–water partition coefficient (Wildman–Crippen LogP) is 6.52. The van der Waals surface area contributed by atoms with E-state index in [0.717, 1.165) is 11.3 Å². The highest BCUT2D eigenvalue weighted by Crippen LogP contribution is 2.15. The van der Waals surface area contributed by atoms with Gasteiger partial charge in [0, 0.05) is 17.7 Å². The van der Waals surface area contributed by atoms with Crippen LogP contribution in [-0.2, 0) is 11.2 Å². The first kappa shape index (κ1) is 38.1. The standard InChI is InChI=1S/C22H31NO3Si2.C13H22O2Si2/c1-27(2,3)19-13-17(14-20(15-19)28(4,5)6)22(26)23-18-10-7-16(8-11-18)9-12-21(24)25;1-16(2,3)11-7-10(13(14)15)8-12(9-11)17(4,5)6/h7-8,10-11,13-15H,9,12H2,1-6H3,(H,23,26)(H,24,25);7-9H,1-6H3,(H,14,15). The second-order valence-electron chi connectivity index (χ2n) is 15.9. The summed E-state index contributed by atoms with van der Waals surface area (Å²) >= 11 is 0. The van der Waals surface area contributed by atoms with E-state index in [0.29, 0.717) is 17.5 Å². The van der Waals surface area contributed by atoms with Crippen LogP contribution in [0, 0.1) is 0 Å². The number of benzene rings is 3. The van der Waals surface area contributed by atoms with E-state index in [-0.39, 0.29) is 12.3 Å².